The van der Waals surface area contributed by atoms with E-state index in [2.05, 4.69) is 36.3 Å². The maximum atomic E-state index is 12.1. The van der Waals surface area contributed by atoms with Crippen molar-refractivity contribution < 1.29 is 4.79 Å². The van der Waals surface area contributed by atoms with Gasteiger partial charge in [0.2, 0.25) is 5.96 Å². The Labute approximate surface area is 136 Å². The van der Waals surface area contributed by atoms with Gasteiger partial charge in [-0.2, -0.15) is 0 Å². The van der Waals surface area contributed by atoms with Gasteiger partial charge in [-0.3, -0.25) is 9.69 Å². The second-order valence-electron chi connectivity index (χ2n) is 6.01. The van der Waals surface area contributed by atoms with Gasteiger partial charge < -0.3 is 5.32 Å². The predicted octanol–water partition coefficient (Wildman–Crippen LogP) is 3.62. The van der Waals surface area contributed by atoms with Crippen molar-refractivity contribution in [2.75, 3.05) is 11.9 Å². The molecule has 1 amide bonds. The lowest BCUT2D eigenvalue weighted by Crippen LogP contribution is -2.36. The molecule has 4 nitrogen and oxygen atoms in total. The largest absolute Gasteiger partial charge is 0.326 e. The lowest BCUT2D eigenvalue weighted by Gasteiger charge is -2.19. The summed E-state index contributed by atoms with van der Waals surface area (Å²) in [5.41, 5.74) is 3.33. The molecule has 0 fully saturated rings. The molecule has 1 aliphatic rings. The lowest BCUT2D eigenvalue weighted by molar-refractivity contribution is -0.125. The molecule has 1 heterocycles. The molecular formula is C19H21N3O. The zero-order chi connectivity index (χ0) is 16.2. The van der Waals surface area contributed by atoms with Gasteiger partial charge in [-0.15, -0.1) is 0 Å². The number of hydrogen-bond donors (Lipinski definition) is 1. The number of anilines is 1. The van der Waals surface area contributed by atoms with Crippen LogP contribution in [0, 0.1) is 0 Å². The Hall–Kier alpha value is -2.62. The molecule has 0 bridgehead atoms. The fourth-order valence-electron chi connectivity index (χ4n) is 2.55. The molecule has 3 rings (SSSR count). The summed E-state index contributed by atoms with van der Waals surface area (Å²) in [7, 11) is 0. The first-order valence-corrected chi connectivity index (χ1v) is 7.89. The van der Waals surface area contributed by atoms with Gasteiger partial charge in [0.25, 0.3) is 5.91 Å². The van der Waals surface area contributed by atoms with Crippen LogP contribution in [0.15, 0.2) is 59.6 Å². The summed E-state index contributed by atoms with van der Waals surface area (Å²) in [6.45, 7) is 5.09. The predicted molar refractivity (Wildman–Crippen MR) is 93.4 cm³/mol. The lowest BCUT2D eigenvalue weighted by atomic mass is 10.0. The zero-order valence-corrected chi connectivity index (χ0v) is 13.5. The first kappa shape index (κ1) is 15.3. The second-order valence-corrected chi connectivity index (χ2v) is 6.01. The van der Waals surface area contributed by atoms with Gasteiger partial charge in [-0.25, -0.2) is 4.99 Å². The van der Waals surface area contributed by atoms with Crippen LogP contribution < -0.4 is 5.32 Å². The molecule has 4 heteroatoms. The van der Waals surface area contributed by atoms with Crippen molar-refractivity contribution in [3.05, 3.63) is 65.7 Å². The number of nitrogens with one attached hydrogen (secondary N) is 1. The van der Waals surface area contributed by atoms with E-state index < -0.39 is 0 Å². The molecule has 23 heavy (non-hydrogen) atoms. The van der Waals surface area contributed by atoms with Crippen LogP contribution in [-0.4, -0.2) is 23.3 Å². The Morgan fingerprint density at radius 2 is 1.78 bits per heavy atom. The summed E-state index contributed by atoms with van der Waals surface area (Å²) in [4.78, 5) is 18.1. The number of rotatable bonds is 4. The summed E-state index contributed by atoms with van der Waals surface area (Å²) in [6, 6.07) is 18.2. The summed E-state index contributed by atoms with van der Waals surface area (Å²) in [6.07, 6.45) is 0. The highest BCUT2D eigenvalue weighted by atomic mass is 16.2. The van der Waals surface area contributed by atoms with Crippen LogP contribution >= 0.6 is 0 Å². The molecule has 0 unspecified atom stereocenters. The van der Waals surface area contributed by atoms with Crippen molar-refractivity contribution in [1.29, 1.82) is 0 Å². The van der Waals surface area contributed by atoms with Crippen LogP contribution in [0.4, 0.5) is 5.69 Å². The van der Waals surface area contributed by atoms with E-state index >= 15 is 0 Å². The SMILES string of the molecule is CC(C)c1ccc(NC2=NCC(=O)N2Cc2ccccc2)cc1. The first-order valence-electron chi connectivity index (χ1n) is 7.89. The number of carbonyl (C=O) groups excluding carboxylic acids is 1. The number of hydrogen-bond acceptors (Lipinski definition) is 3. The summed E-state index contributed by atoms with van der Waals surface area (Å²) in [5.74, 6) is 1.15. The van der Waals surface area contributed by atoms with Crippen molar-refractivity contribution in [1.82, 2.24) is 4.90 Å². The first-order chi connectivity index (χ1) is 11.1. The van der Waals surface area contributed by atoms with E-state index in [1.54, 1.807) is 4.90 Å². The molecule has 0 aliphatic carbocycles. The molecule has 1 N–H and O–H groups in total. The van der Waals surface area contributed by atoms with Gasteiger partial charge in [-0.05, 0) is 29.2 Å². The van der Waals surface area contributed by atoms with Gasteiger partial charge in [0.15, 0.2) is 0 Å². The minimum Gasteiger partial charge on any atom is -0.326 e. The Balaban J connectivity index is 1.72. The van der Waals surface area contributed by atoms with E-state index in [0.717, 1.165) is 11.3 Å². The highest BCUT2D eigenvalue weighted by Crippen LogP contribution is 2.19. The quantitative estimate of drug-likeness (QED) is 0.937. The molecule has 118 valence electrons. The average Bonchev–Trinajstić information content (AvgIpc) is 2.89. The number of aliphatic imine (C=N–C) groups is 1. The number of amides is 1. The Morgan fingerprint density at radius 3 is 2.43 bits per heavy atom. The number of nitrogens with zero attached hydrogens (tertiary/aromatic N) is 2. The van der Waals surface area contributed by atoms with Gasteiger partial charge in [0.05, 0.1) is 6.54 Å². The topological polar surface area (TPSA) is 44.7 Å². The van der Waals surface area contributed by atoms with Gasteiger partial charge in [0.1, 0.15) is 6.54 Å². The fraction of sp³-hybridized carbons (Fsp3) is 0.263. The minimum absolute atomic E-state index is 0.0233. The fourth-order valence-corrected chi connectivity index (χ4v) is 2.55. The van der Waals surface area contributed by atoms with Crippen LogP contribution in [0.5, 0.6) is 0 Å². The Bertz CT molecular complexity index is 705. The summed E-state index contributed by atoms with van der Waals surface area (Å²) in [5, 5.41) is 3.26. The normalized spacial score (nSPS) is 14.3. The van der Waals surface area contributed by atoms with Crippen molar-refractivity contribution in [3.63, 3.8) is 0 Å². The molecule has 0 spiro atoms. The third-order valence-corrected chi connectivity index (χ3v) is 3.94. The van der Waals surface area contributed by atoms with E-state index in [4.69, 9.17) is 0 Å². The zero-order valence-electron chi connectivity index (χ0n) is 13.5. The van der Waals surface area contributed by atoms with Crippen LogP contribution in [0.2, 0.25) is 0 Å². The standard InChI is InChI=1S/C19H21N3O/c1-14(2)16-8-10-17(11-9-16)21-19-20-12-18(23)22(19)13-15-6-4-3-5-7-15/h3-11,14H,12-13H2,1-2H3,(H,20,21). The van der Waals surface area contributed by atoms with Crippen LogP contribution in [-0.2, 0) is 11.3 Å². The number of benzene rings is 2. The third kappa shape index (κ3) is 3.59. The molecule has 0 radical (unpaired) electrons. The van der Waals surface area contributed by atoms with E-state index in [9.17, 15) is 4.79 Å². The molecule has 1 aliphatic heterocycles. The van der Waals surface area contributed by atoms with Crippen LogP contribution in [0.3, 0.4) is 0 Å². The number of carbonyl (C=O) groups is 1. The van der Waals surface area contributed by atoms with Crippen molar-refractivity contribution in [3.8, 4) is 0 Å². The van der Waals surface area contributed by atoms with E-state index in [0.29, 0.717) is 18.4 Å². The monoisotopic (exact) mass is 307 g/mol. The van der Waals surface area contributed by atoms with E-state index in [-0.39, 0.29) is 12.5 Å². The highest BCUT2D eigenvalue weighted by Gasteiger charge is 2.25. The second kappa shape index (κ2) is 6.65. The molecular weight excluding hydrogens is 286 g/mol. The van der Waals surface area contributed by atoms with Crippen LogP contribution in [0.1, 0.15) is 30.9 Å². The molecule has 0 saturated heterocycles. The Kier molecular flexibility index (Phi) is 4.42. The van der Waals surface area contributed by atoms with Crippen LogP contribution in [0.25, 0.3) is 0 Å². The molecule has 0 atom stereocenters. The highest BCUT2D eigenvalue weighted by molar-refractivity contribution is 6.08. The average molecular weight is 307 g/mol. The van der Waals surface area contributed by atoms with Crippen molar-refractivity contribution in [2.45, 2.75) is 26.3 Å². The number of guanidine groups is 1. The molecule has 2 aromatic carbocycles. The maximum absolute atomic E-state index is 12.1. The molecule has 2 aromatic rings. The summed E-state index contributed by atoms with van der Waals surface area (Å²) >= 11 is 0. The maximum Gasteiger partial charge on any atom is 0.251 e. The minimum atomic E-state index is 0.0233. The van der Waals surface area contributed by atoms with E-state index in [1.165, 1.54) is 5.56 Å². The van der Waals surface area contributed by atoms with Gasteiger partial charge >= 0.3 is 0 Å². The molecule has 0 saturated carbocycles. The summed E-state index contributed by atoms with van der Waals surface area (Å²) < 4.78 is 0. The van der Waals surface area contributed by atoms with E-state index in [1.807, 2.05) is 42.5 Å². The third-order valence-electron chi connectivity index (χ3n) is 3.94. The molecule has 0 aromatic heterocycles. The van der Waals surface area contributed by atoms with Crippen molar-refractivity contribution in [2.24, 2.45) is 4.99 Å². The smallest absolute Gasteiger partial charge is 0.251 e. The van der Waals surface area contributed by atoms with Crippen molar-refractivity contribution >= 4 is 17.6 Å². The van der Waals surface area contributed by atoms with Gasteiger partial charge in [0, 0.05) is 5.69 Å². The Morgan fingerprint density at radius 1 is 1.09 bits per heavy atom. The van der Waals surface area contributed by atoms with Gasteiger partial charge in [-0.1, -0.05) is 56.3 Å².